The van der Waals surface area contributed by atoms with E-state index in [2.05, 4.69) is 10.2 Å². The highest BCUT2D eigenvalue weighted by Gasteiger charge is 2.05. The molecule has 1 aromatic carbocycles. The van der Waals surface area contributed by atoms with Crippen LogP contribution in [0.4, 0.5) is 4.39 Å². The van der Waals surface area contributed by atoms with E-state index < -0.39 is 6.67 Å². The maximum Gasteiger partial charge on any atom is 0.123 e. The predicted molar refractivity (Wildman–Crippen MR) is 53.9 cm³/mol. The smallest absolute Gasteiger partial charge is 0.123 e. The van der Waals surface area contributed by atoms with Crippen LogP contribution in [0.3, 0.4) is 0 Å². The molecule has 0 aliphatic carbocycles. The Balaban J connectivity index is 2.52. The zero-order valence-electron chi connectivity index (χ0n) is 7.89. The van der Waals surface area contributed by atoms with Crippen LogP contribution in [0.15, 0.2) is 36.7 Å². The molecule has 0 aliphatic heterocycles. The summed E-state index contributed by atoms with van der Waals surface area (Å²) in [5.74, 6) is 0.111. The number of aromatic hydroxyl groups is 1. The molecule has 3 nitrogen and oxygen atoms in total. The molecule has 0 aliphatic rings. The van der Waals surface area contributed by atoms with Crippen LogP contribution < -0.4 is 0 Å². The van der Waals surface area contributed by atoms with Gasteiger partial charge >= 0.3 is 0 Å². The zero-order valence-corrected chi connectivity index (χ0v) is 7.89. The van der Waals surface area contributed by atoms with Crippen LogP contribution in [0.2, 0.25) is 0 Å². The van der Waals surface area contributed by atoms with Gasteiger partial charge in [-0.15, -0.1) is 0 Å². The first-order chi connectivity index (χ1) is 7.31. The second kappa shape index (κ2) is 4.04. The first kappa shape index (κ1) is 9.58. The van der Waals surface area contributed by atoms with E-state index in [1.807, 2.05) is 0 Å². The minimum Gasteiger partial charge on any atom is -0.507 e. The van der Waals surface area contributed by atoms with Gasteiger partial charge in [0.15, 0.2) is 0 Å². The third-order valence-corrected chi connectivity index (χ3v) is 2.11. The topological polar surface area (TPSA) is 46.0 Å². The molecule has 15 heavy (non-hydrogen) atoms. The van der Waals surface area contributed by atoms with Gasteiger partial charge in [0.05, 0.1) is 12.4 Å². The van der Waals surface area contributed by atoms with E-state index in [0.717, 1.165) is 5.56 Å². The summed E-state index contributed by atoms with van der Waals surface area (Å²) in [7, 11) is 0. The first-order valence-corrected chi connectivity index (χ1v) is 4.46. The monoisotopic (exact) mass is 204 g/mol. The van der Waals surface area contributed by atoms with Gasteiger partial charge in [-0.2, -0.15) is 10.2 Å². The molecule has 0 saturated carbocycles. The van der Waals surface area contributed by atoms with Crippen molar-refractivity contribution in [2.45, 2.75) is 6.67 Å². The van der Waals surface area contributed by atoms with E-state index in [1.165, 1.54) is 18.5 Å². The molecule has 1 aromatic heterocycles. The molecule has 76 valence electrons. The van der Waals surface area contributed by atoms with Gasteiger partial charge in [-0.3, -0.25) is 0 Å². The van der Waals surface area contributed by atoms with Crippen LogP contribution in [-0.2, 0) is 6.67 Å². The Morgan fingerprint density at radius 3 is 2.73 bits per heavy atom. The molecule has 1 heterocycles. The van der Waals surface area contributed by atoms with Crippen molar-refractivity contribution in [3.8, 4) is 16.9 Å². The maximum absolute atomic E-state index is 12.4. The standard InChI is InChI=1S/C11H9FN2O/c12-6-8-1-2-11(15)10(5-8)9-3-4-13-14-7-9/h1-5,7,15H,6H2. The van der Waals surface area contributed by atoms with Gasteiger partial charge in [-0.25, -0.2) is 4.39 Å². The van der Waals surface area contributed by atoms with Gasteiger partial charge < -0.3 is 5.11 Å². The minimum atomic E-state index is -0.550. The molecule has 0 bridgehead atoms. The van der Waals surface area contributed by atoms with E-state index in [9.17, 15) is 9.50 Å². The van der Waals surface area contributed by atoms with Crippen molar-refractivity contribution in [2.24, 2.45) is 0 Å². The quantitative estimate of drug-likeness (QED) is 0.816. The highest BCUT2D eigenvalue weighted by atomic mass is 19.1. The Kier molecular flexibility index (Phi) is 2.58. The van der Waals surface area contributed by atoms with Crippen molar-refractivity contribution in [1.29, 1.82) is 0 Å². The van der Waals surface area contributed by atoms with Gasteiger partial charge in [0.25, 0.3) is 0 Å². The number of phenols is 1. The van der Waals surface area contributed by atoms with Gasteiger partial charge in [0.1, 0.15) is 12.4 Å². The van der Waals surface area contributed by atoms with E-state index >= 15 is 0 Å². The van der Waals surface area contributed by atoms with Crippen LogP contribution in [0, 0.1) is 0 Å². The Labute approximate surface area is 86.2 Å². The van der Waals surface area contributed by atoms with Gasteiger partial charge in [0.2, 0.25) is 0 Å². The molecule has 0 atom stereocenters. The van der Waals surface area contributed by atoms with Crippen LogP contribution in [0.25, 0.3) is 11.1 Å². The maximum atomic E-state index is 12.4. The Hall–Kier alpha value is -1.97. The second-order valence-corrected chi connectivity index (χ2v) is 3.12. The molecule has 0 fully saturated rings. The molecule has 0 spiro atoms. The second-order valence-electron chi connectivity index (χ2n) is 3.12. The van der Waals surface area contributed by atoms with Gasteiger partial charge in [-0.1, -0.05) is 6.07 Å². The molecular weight excluding hydrogens is 195 g/mol. The van der Waals surface area contributed by atoms with Gasteiger partial charge in [-0.05, 0) is 23.8 Å². The molecule has 0 saturated heterocycles. The summed E-state index contributed by atoms with van der Waals surface area (Å²) < 4.78 is 12.4. The molecule has 1 N–H and O–H groups in total. The summed E-state index contributed by atoms with van der Waals surface area (Å²) in [5.41, 5.74) is 1.82. The fraction of sp³-hybridized carbons (Fsp3) is 0.0909. The molecular formula is C11H9FN2O. The number of aromatic nitrogens is 2. The summed E-state index contributed by atoms with van der Waals surface area (Å²) >= 11 is 0. The average Bonchev–Trinajstić information content (AvgIpc) is 2.31. The molecule has 2 rings (SSSR count). The third-order valence-electron chi connectivity index (χ3n) is 2.11. The fourth-order valence-corrected chi connectivity index (χ4v) is 1.35. The van der Waals surface area contributed by atoms with Crippen molar-refractivity contribution in [3.63, 3.8) is 0 Å². The summed E-state index contributed by atoms with van der Waals surface area (Å²) in [5, 5.41) is 17.0. The summed E-state index contributed by atoms with van der Waals surface area (Å²) in [6, 6.07) is 6.34. The number of halogens is 1. The van der Waals surface area contributed by atoms with Crippen LogP contribution in [-0.4, -0.2) is 15.3 Å². The molecule has 2 aromatic rings. The molecule has 0 unspecified atom stereocenters. The van der Waals surface area contributed by atoms with Crippen molar-refractivity contribution < 1.29 is 9.50 Å². The summed E-state index contributed by atoms with van der Waals surface area (Å²) in [4.78, 5) is 0. The summed E-state index contributed by atoms with van der Waals surface area (Å²) in [6.07, 6.45) is 3.05. The van der Waals surface area contributed by atoms with Crippen LogP contribution >= 0.6 is 0 Å². The number of alkyl halides is 1. The average molecular weight is 204 g/mol. The van der Waals surface area contributed by atoms with Crippen molar-refractivity contribution >= 4 is 0 Å². The minimum absolute atomic E-state index is 0.111. The SMILES string of the molecule is Oc1ccc(CF)cc1-c1ccnnc1. The third kappa shape index (κ3) is 1.93. The van der Waals surface area contributed by atoms with E-state index in [0.29, 0.717) is 11.1 Å². The number of phenolic OH excluding ortho intramolecular Hbond substituents is 1. The number of nitrogens with zero attached hydrogens (tertiary/aromatic N) is 2. The fourth-order valence-electron chi connectivity index (χ4n) is 1.35. The van der Waals surface area contributed by atoms with Crippen molar-refractivity contribution in [2.75, 3.05) is 0 Å². The lowest BCUT2D eigenvalue weighted by atomic mass is 10.0. The summed E-state index contributed by atoms with van der Waals surface area (Å²) in [6.45, 7) is -0.550. The lowest BCUT2D eigenvalue weighted by Gasteiger charge is -2.05. The largest absolute Gasteiger partial charge is 0.507 e. The number of hydrogen-bond acceptors (Lipinski definition) is 3. The number of rotatable bonds is 2. The highest BCUT2D eigenvalue weighted by molar-refractivity contribution is 5.69. The van der Waals surface area contributed by atoms with Crippen LogP contribution in [0.1, 0.15) is 5.56 Å². The predicted octanol–water partition coefficient (Wildman–Crippen LogP) is 2.32. The lowest BCUT2D eigenvalue weighted by molar-refractivity contribution is 0.472. The van der Waals surface area contributed by atoms with E-state index in [1.54, 1.807) is 18.2 Å². The van der Waals surface area contributed by atoms with Crippen molar-refractivity contribution in [1.82, 2.24) is 10.2 Å². The van der Waals surface area contributed by atoms with Crippen LogP contribution in [0.5, 0.6) is 5.75 Å². The van der Waals surface area contributed by atoms with E-state index in [4.69, 9.17) is 0 Å². The van der Waals surface area contributed by atoms with E-state index in [-0.39, 0.29) is 5.75 Å². The molecule has 0 amide bonds. The molecule has 0 radical (unpaired) electrons. The Morgan fingerprint density at radius 2 is 2.07 bits per heavy atom. The van der Waals surface area contributed by atoms with Gasteiger partial charge in [0, 0.05) is 11.1 Å². The Morgan fingerprint density at radius 1 is 1.20 bits per heavy atom. The first-order valence-electron chi connectivity index (χ1n) is 4.46. The number of benzene rings is 1. The lowest BCUT2D eigenvalue weighted by Crippen LogP contribution is -1.85. The normalized spacial score (nSPS) is 10.2. The van der Waals surface area contributed by atoms with Crippen molar-refractivity contribution in [3.05, 3.63) is 42.2 Å². The Bertz CT molecular complexity index is 459. The zero-order chi connectivity index (χ0) is 10.7. The number of hydrogen-bond donors (Lipinski definition) is 1. The molecule has 4 heteroatoms. The highest BCUT2D eigenvalue weighted by Crippen LogP contribution is 2.29.